The third-order valence-electron chi connectivity index (χ3n) is 1.84. The molecule has 0 saturated heterocycles. The van der Waals surface area contributed by atoms with E-state index in [0.29, 0.717) is 24.9 Å². The number of carboxylic acid groups (broad SMARTS) is 1. The Morgan fingerprint density at radius 3 is 2.53 bits per heavy atom. The molecule has 0 aromatic carbocycles. The van der Waals surface area contributed by atoms with E-state index >= 15 is 0 Å². The summed E-state index contributed by atoms with van der Waals surface area (Å²) in [5, 5.41) is 8.37. The van der Waals surface area contributed by atoms with Crippen molar-refractivity contribution < 1.29 is 18.8 Å². The van der Waals surface area contributed by atoms with Gasteiger partial charge >= 0.3 is 5.97 Å². The van der Waals surface area contributed by atoms with Crippen molar-refractivity contribution in [1.29, 1.82) is 0 Å². The van der Waals surface area contributed by atoms with E-state index in [1.165, 1.54) is 0 Å². The lowest BCUT2D eigenvalue weighted by Gasteiger charge is -2.05. The van der Waals surface area contributed by atoms with Crippen molar-refractivity contribution in [3.05, 3.63) is 0 Å². The van der Waals surface area contributed by atoms with Gasteiger partial charge in [0.2, 0.25) is 0 Å². The molecule has 0 fully saturated rings. The summed E-state index contributed by atoms with van der Waals surface area (Å²) in [5.74, 6) is 0.375. The molecule has 90 valence electrons. The van der Waals surface area contributed by atoms with Gasteiger partial charge in [0.15, 0.2) is 0 Å². The van der Waals surface area contributed by atoms with Gasteiger partial charge in [0, 0.05) is 28.9 Å². The molecule has 1 atom stereocenters. The summed E-state index contributed by atoms with van der Waals surface area (Å²) in [6, 6.07) is 0. The first-order valence-electron chi connectivity index (χ1n) is 5.17. The molecular formula is C10H20O4S. The van der Waals surface area contributed by atoms with Crippen LogP contribution in [-0.2, 0) is 20.3 Å². The predicted octanol–water partition coefficient (Wildman–Crippen LogP) is 1.27. The Bertz CT molecular complexity index is 204. The van der Waals surface area contributed by atoms with Crippen molar-refractivity contribution in [2.24, 2.45) is 5.92 Å². The Hall–Kier alpha value is -0.420. The molecule has 0 saturated carbocycles. The van der Waals surface area contributed by atoms with Gasteiger partial charge in [0.1, 0.15) is 0 Å². The minimum atomic E-state index is -1.06. The molecule has 0 amide bonds. The first kappa shape index (κ1) is 14.6. The molecule has 0 aliphatic rings. The summed E-state index contributed by atoms with van der Waals surface area (Å²) in [5.41, 5.74) is 0. The van der Waals surface area contributed by atoms with Crippen LogP contribution in [0.15, 0.2) is 0 Å². The second-order valence-electron chi connectivity index (χ2n) is 3.79. The van der Waals surface area contributed by atoms with Crippen LogP contribution >= 0.6 is 0 Å². The molecular weight excluding hydrogens is 216 g/mol. The van der Waals surface area contributed by atoms with Crippen LogP contribution in [0.1, 0.15) is 26.7 Å². The van der Waals surface area contributed by atoms with Crippen molar-refractivity contribution >= 4 is 16.8 Å². The SMILES string of the molecule is CC(C)CCOCCS(=O)CCC(=O)O. The average molecular weight is 236 g/mol. The fraction of sp³-hybridized carbons (Fsp3) is 0.900. The van der Waals surface area contributed by atoms with Gasteiger partial charge < -0.3 is 9.84 Å². The predicted molar refractivity (Wildman–Crippen MR) is 60.4 cm³/mol. The summed E-state index contributed by atoms with van der Waals surface area (Å²) in [7, 11) is -1.06. The monoisotopic (exact) mass is 236 g/mol. The largest absolute Gasteiger partial charge is 0.481 e. The number of carboxylic acids is 1. The van der Waals surface area contributed by atoms with Gasteiger partial charge in [-0.15, -0.1) is 0 Å². The molecule has 0 aromatic rings. The van der Waals surface area contributed by atoms with Gasteiger partial charge in [-0.25, -0.2) is 0 Å². The topological polar surface area (TPSA) is 63.6 Å². The summed E-state index contributed by atoms with van der Waals surface area (Å²) in [6.45, 7) is 5.38. The van der Waals surface area contributed by atoms with E-state index in [0.717, 1.165) is 6.42 Å². The highest BCUT2D eigenvalue weighted by atomic mass is 32.2. The van der Waals surface area contributed by atoms with E-state index in [-0.39, 0.29) is 12.2 Å². The maximum Gasteiger partial charge on any atom is 0.304 e. The van der Waals surface area contributed by atoms with E-state index in [1.807, 2.05) is 0 Å². The molecule has 0 rings (SSSR count). The second kappa shape index (κ2) is 8.85. The molecule has 5 heteroatoms. The Morgan fingerprint density at radius 1 is 1.33 bits per heavy atom. The highest BCUT2D eigenvalue weighted by molar-refractivity contribution is 7.85. The molecule has 0 aliphatic carbocycles. The molecule has 15 heavy (non-hydrogen) atoms. The van der Waals surface area contributed by atoms with Crippen molar-refractivity contribution in [2.45, 2.75) is 26.7 Å². The summed E-state index contributed by atoms with van der Waals surface area (Å²) in [4.78, 5) is 10.2. The maximum atomic E-state index is 11.2. The summed E-state index contributed by atoms with van der Waals surface area (Å²) < 4.78 is 16.5. The van der Waals surface area contributed by atoms with E-state index in [1.54, 1.807) is 0 Å². The fourth-order valence-electron chi connectivity index (χ4n) is 0.876. The molecule has 0 bridgehead atoms. The first-order valence-corrected chi connectivity index (χ1v) is 6.65. The average Bonchev–Trinajstić information content (AvgIpc) is 2.13. The van der Waals surface area contributed by atoms with Crippen LogP contribution < -0.4 is 0 Å². The van der Waals surface area contributed by atoms with Crippen LogP contribution in [0.5, 0.6) is 0 Å². The van der Waals surface area contributed by atoms with Gasteiger partial charge in [-0.1, -0.05) is 13.8 Å². The van der Waals surface area contributed by atoms with Gasteiger partial charge in [-0.3, -0.25) is 9.00 Å². The van der Waals surface area contributed by atoms with Crippen LogP contribution in [-0.4, -0.2) is 40.0 Å². The number of carbonyl (C=O) groups is 1. The van der Waals surface area contributed by atoms with Crippen LogP contribution in [0.4, 0.5) is 0 Å². The zero-order chi connectivity index (χ0) is 11.7. The van der Waals surface area contributed by atoms with Gasteiger partial charge in [-0.2, -0.15) is 0 Å². The van der Waals surface area contributed by atoms with Crippen LogP contribution in [0.25, 0.3) is 0 Å². The zero-order valence-corrected chi connectivity index (χ0v) is 10.2. The second-order valence-corrected chi connectivity index (χ2v) is 5.48. The van der Waals surface area contributed by atoms with Gasteiger partial charge in [-0.05, 0) is 12.3 Å². The normalized spacial score (nSPS) is 13.0. The molecule has 0 radical (unpaired) electrons. The highest BCUT2D eigenvalue weighted by Gasteiger charge is 2.03. The number of hydrogen-bond donors (Lipinski definition) is 1. The highest BCUT2D eigenvalue weighted by Crippen LogP contribution is 1.98. The zero-order valence-electron chi connectivity index (χ0n) is 9.40. The Balaban J connectivity index is 3.28. The van der Waals surface area contributed by atoms with Crippen molar-refractivity contribution in [3.8, 4) is 0 Å². The standard InChI is InChI=1S/C10H20O4S/c1-9(2)3-5-14-6-8-15(13)7-4-10(11)12/h9H,3-8H2,1-2H3,(H,11,12). The van der Waals surface area contributed by atoms with Crippen LogP contribution in [0.3, 0.4) is 0 Å². The smallest absolute Gasteiger partial charge is 0.304 e. The molecule has 0 heterocycles. The lowest BCUT2D eigenvalue weighted by Crippen LogP contribution is -2.12. The Morgan fingerprint density at radius 2 is 2.00 bits per heavy atom. The summed E-state index contributed by atoms with van der Waals surface area (Å²) in [6.07, 6.45) is 0.973. The molecule has 0 aromatic heterocycles. The van der Waals surface area contributed by atoms with Crippen LogP contribution in [0, 0.1) is 5.92 Å². The minimum Gasteiger partial charge on any atom is -0.481 e. The fourth-order valence-corrected chi connectivity index (χ4v) is 1.79. The molecule has 0 aliphatic heterocycles. The van der Waals surface area contributed by atoms with Crippen molar-refractivity contribution in [2.75, 3.05) is 24.7 Å². The minimum absolute atomic E-state index is 0.0292. The third-order valence-corrected chi connectivity index (χ3v) is 3.12. The van der Waals surface area contributed by atoms with Crippen LogP contribution in [0.2, 0.25) is 0 Å². The quantitative estimate of drug-likeness (QED) is 0.612. The lowest BCUT2D eigenvalue weighted by atomic mass is 10.1. The number of rotatable bonds is 9. The van der Waals surface area contributed by atoms with E-state index < -0.39 is 16.8 Å². The maximum absolute atomic E-state index is 11.2. The van der Waals surface area contributed by atoms with E-state index in [4.69, 9.17) is 9.84 Å². The number of hydrogen-bond acceptors (Lipinski definition) is 3. The summed E-state index contributed by atoms with van der Waals surface area (Å²) >= 11 is 0. The number of ether oxygens (including phenoxy) is 1. The molecule has 1 N–H and O–H groups in total. The van der Waals surface area contributed by atoms with Gasteiger partial charge in [0.25, 0.3) is 0 Å². The molecule has 0 spiro atoms. The Labute approximate surface area is 93.5 Å². The van der Waals surface area contributed by atoms with Gasteiger partial charge in [0.05, 0.1) is 13.0 Å². The number of aliphatic carboxylic acids is 1. The van der Waals surface area contributed by atoms with Crippen molar-refractivity contribution in [3.63, 3.8) is 0 Å². The van der Waals surface area contributed by atoms with Crippen molar-refractivity contribution in [1.82, 2.24) is 0 Å². The van der Waals surface area contributed by atoms with E-state index in [2.05, 4.69) is 13.8 Å². The van der Waals surface area contributed by atoms with E-state index in [9.17, 15) is 9.00 Å². The lowest BCUT2D eigenvalue weighted by molar-refractivity contribution is -0.136. The Kier molecular flexibility index (Phi) is 8.61. The molecule has 1 unspecified atom stereocenters. The first-order chi connectivity index (χ1) is 7.02. The third kappa shape index (κ3) is 11.5. The molecule has 4 nitrogen and oxygen atoms in total.